The lowest BCUT2D eigenvalue weighted by Gasteiger charge is -2.13. The molecule has 0 spiro atoms. The number of rotatable bonds is 2. The smallest absolute Gasteiger partial charge is 0.263 e. The summed E-state index contributed by atoms with van der Waals surface area (Å²) in [6, 6.07) is 3.10. The maximum Gasteiger partial charge on any atom is 0.263 e. The molecule has 0 bridgehead atoms. The fraction of sp³-hybridized carbons (Fsp3) is 0.333. The first-order valence-corrected chi connectivity index (χ1v) is 6.51. The first-order valence-electron chi connectivity index (χ1n) is 4.65. The molecule has 0 amide bonds. The molecule has 0 aliphatic carbocycles. The fourth-order valence-corrected chi connectivity index (χ4v) is 2.97. The van der Waals surface area contributed by atoms with Crippen LogP contribution >= 0.6 is 11.6 Å². The minimum Gasteiger partial charge on any atom is -0.374 e. The van der Waals surface area contributed by atoms with Gasteiger partial charge in [0.2, 0.25) is 0 Å². The second-order valence-corrected chi connectivity index (χ2v) is 5.71. The van der Waals surface area contributed by atoms with Crippen LogP contribution in [0.2, 0.25) is 5.02 Å². The van der Waals surface area contributed by atoms with Crippen LogP contribution < -0.4 is 9.79 Å². The molecule has 0 unspecified atom stereocenters. The van der Waals surface area contributed by atoms with Gasteiger partial charge in [-0.1, -0.05) is 16.5 Å². The summed E-state index contributed by atoms with van der Waals surface area (Å²) in [6.07, 6.45) is 0.846. The normalized spacial score (nSPS) is 15.3. The summed E-state index contributed by atoms with van der Waals surface area (Å²) < 4.78 is 22.9. The molecular weight excluding hydrogens is 252 g/mol. The molecule has 0 fully saturated rings. The average molecular weight is 263 g/mol. The molecule has 2 rings (SSSR count). The van der Waals surface area contributed by atoms with Gasteiger partial charge in [0, 0.05) is 19.3 Å². The van der Waals surface area contributed by atoms with Crippen molar-refractivity contribution in [2.75, 3.05) is 18.5 Å². The maximum atomic E-state index is 11.5. The number of likely N-dealkylation sites (N-methyl/N-ethyl adjacent to an activating group) is 1. The van der Waals surface area contributed by atoms with Gasteiger partial charge in [0.1, 0.15) is 4.90 Å². The van der Waals surface area contributed by atoms with E-state index in [-0.39, 0.29) is 9.92 Å². The summed E-state index contributed by atoms with van der Waals surface area (Å²) in [4.78, 5) is 3.11. The Kier molecular flexibility index (Phi) is 2.83. The van der Waals surface area contributed by atoms with Crippen molar-refractivity contribution < 1.29 is 13.6 Å². The van der Waals surface area contributed by atoms with Crippen LogP contribution in [0.25, 0.3) is 0 Å². The third-order valence-electron chi connectivity index (χ3n) is 2.67. The van der Waals surface area contributed by atoms with Crippen LogP contribution in [0, 0.1) is 0 Å². The first kappa shape index (κ1) is 11.7. The van der Waals surface area contributed by atoms with Crippen molar-refractivity contribution in [3.8, 4) is 0 Å². The monoisotopic (exact) mass is 262 g/mol. The maximum absolute atomic E-state index is 11.5. The van der Waals surface area contributed by atoms with Crippen molar-refractivity contribution in [1.29, 1.82) is 0 Å². The van der Waals surface area contributed by atoms with Gasteiger partial charge < -0.3 is 10.1 Å². The minimum atomic E-state index is -3.93. The van der Waals surface area contributed by atoms with E-state index >= 15 is 0 Å². The molecule has 0 saturated heterocycles. The van der Waals surface area contributed by atoms with Gasteiger partial charge in [-0.2, -0.15) is 0 Å². The van der Waals surface area contributed by atoms with Crippen LogP contribution in [-0.4, -0.2) is 27.2 Å². The van der Waals surface area contributed by atoms with Crippen LogP contribution in [0.3, 0.4) is 0 Å². The molecule has 0 atom stereocenters. The van der Waals surface area contributed by atoms with E-state index in [2.05, 4.69) is 0 Å². The summed E-state index contributed by atoms with van der Waals surface area (Å²) in [7, 11) is -2.05. The predicted molar refractivity (Wildman–Crippen MR) is 60.5 cm³/mol. The Balaban J connectivity index is 2.62. The molecule has 1 heterocycles. The summed E-state index contributed by atoms with van der Waals surface area (Å²) in [6.45, 7) is 0.835. The van der Waals surface area contributed by atoms with Crippen LogP contribution in [0.4, 0.5) is 5.69 Å². The Morgan fingerprint density at radius 2 is 2.19 bits per heavy atom. The Morgan fingerprint density at radius 1 is 1.50 bits per heavy atom. The summed E-state index contributed by atoms with van der Waals surface area (Å²) in [5.74, 6) is 0. The molecule has 0 saturated carbocycles. The largest absolute Gasteiger partial charge is 0.374 e. The van der Waals surface area contributed by atoms with E-state index in [4.69, 9.17) is 16.8 Å². The number of hydrogen-bond acceptors (Lipinski definition) is 4. The lowest BCUT2D eigenvalue weighted by Crippen LogP contribution is -2.20. The van der Waals surface area contributed by atoms with Gasteiger partial charge in [-0.25, -0.2) is 8.42 Å². The molecule has 1 aromatic carbocycles. The quantitative estimate of drug-likeness (QED) is 0.780. The Bertz CT molecular complexity index is 530. The predicted octanol–water partition coefficient (Wildman–Crippen LogP) is 1.000. The Labute approximate surface area is 98.6 Å². The zero-order valence-corrected chi connectivity index (χ0v) is 10.1. The van der Waals surface area contributed by atoms with Crippen molar-refractivity contribution >= 4 is 27.3 Å². The van der Waals surface area contributed by atoms with Gasteiger partial charge >= 0.3 is 0 Å². The molecule has 7 heteroatoms. The van der Waals surface area contributed by atoms with Crippen LogP contribution in [0.15, 0.2) is 17.0 Å². The molecule has 0 aromatic heterocycles. The SMILES string of the molecule is CN1CCc2cc(Cl)c(S(=O)(=O)NO)cc21. The second-order valence-electron chi connectivity index (χ2n) is 3.68. The zero-order chi connectivity index (χ0) is 11.9. The van der Waals surface area contributed by atoms with Crippen molar-refractivity contribution in [2.24, 2.45) is 0 Å². The number of fused-ring (bicyclic) bond motifs is 1. The molecule has 0 radical (unpaired) electrons. The number of nitrogens with one attached hydrogen (secondary N) is 1. The molecule has 16 heavy (non-hydrogen) atoms. The zero-order valence-electron chi connectivity index (χ0n) is 8.57. The highest BCUT2D eigenvalue weighted by molar-refractivity contribution is 7.89. The van der Waals surface area contributed by atoms with Gasteiger partial charge in [0.15, 0.2) is 0 Å². The van der Waals surface area contributed by atoms with E-state index in [0.29, 0.717) is 0 Å². The topological polar surface area (TPSA) is 69.6 Å². The molecule has 1 aliphatic heterocycles. The van der Waals surface area contributed by atoms with Gasteiger partial charge in [0.05, 0.1) is 5.02 Å². The van der Waals surface area contributed by atoms with Gasteiger partial charge in [-0.15, -0.1) is 0 Å². The first-order chi connectivity index (χ1) is 7.45. The molecule has 2 N–H and O–H groups in total. The van der Waals surface area contributed by atoms with Crippen LogP contribution in [0.1, 0.15) is 5.56 Å². The van der Waals surface area contributed by atoms with E-state index in [9.17, 15) is 8.42 Å². The number of anilines is 1. The highest BCUT2D eigenvalue weighted by Crippen LogP contribution is 2.34. The number of nitrogens with zero attached hydrogens (tertiary/aromatic N) is 1. The van der Waals surface area contributed by atoms with E-state index in [1.54, 1.807) is 6.07 Å². The van der Waals surface area contributed by atoms with E-state index in [0.717, 1.165) is 24.2 Å². The van der Waals surface area contributed by atoms with Crippen molar-refractivity contribution in [3.05, 3.63) is 22.7 Å². The summed E-state index contributed by atoms with van der Waals surface area (Å²) in [5, 5.41) is 8.70. The number of benzene rings is 1. The van der Waals surface area contributed by atoms with Crippen molar-refractivity contribution in [3.63, 3.8) is 0 Å². The van der Waals surface area contributed by atoms with E-state index in [1.165, 1.54) is 11.0 Å². The van der Waals surface area contributed by atoms with E-state index < -0.39 is 10.0 Å². The Morgan fingerprint density at radius 3 is 2.81 bits per heavy atom. The molecule has 5 nitrogen and oxygen atoms in total. The average Bonchev–Trinajstić information content (AvgIpc) is 2.58. The lowest BCUT2D eigenvalue weighted by molar-refractivity contribution is 0.242. The van der Waals surface area contributed by atoms with Crippen LogP contribution in [0.5, 0.6) is 0 Å². The molecule has 88 valence electrons. The highest BCUT2D eigenvalue weighted by Gasteiger charge is 2.23. The van der Waals surface area contributed by atoms with Gasteiger partial charge in [0.25, 0.3) is 10.0 Å². The minimum absolute atomic E-state index is 0.107. The molecular formula is C9H11ClN2O3S. The summed E-state index contributed by atoms with van der Waals surface area (Å²) in [5.41, 5.74) is 1.85. The molecule has 1 aromatic rings. The fourth-order valence-electron chi connectivity index (χ4n) is 1.80. The standard InChI is InChI=1S/C9H11ClN2O3S/c1-12-3-2-6-4-7(10)9(5-8(6)12)16(14,15)11-13/h4-5,11,13H,2-3H2,1H3. The van der Waals surface area contributed by atoms with Crippen LogP contribution in [-0.2, 0) is 16.4 Å². The summed E-state index contributed by atoms with van der Waals surface area (Å²) >= 11 is 5.87. The van der Waals surface area contributed by atoms with Gasteiger partial charge in [-0.05, 0) is 24.1 Å². The van der Waals surface area contributed by atoms with Crippen molar-refractivity contribution in [1.82, 2.24) is 4.89 Å². The van der Waals surface area contributed by atoms with E-state index in [1.807, 2.05) is 11.9 Å². The number of halogens is 1. The lowest BCUT2D eigenvalue weighted by atomic mass is 10.2. The highest BCUT2D eigenvalue weighted by atomic mass is 35.5. The van der Waals surface area contributed by atoms with Crippen molar-refractivity contribution in [2.45, 2.75) is 11.3 Å². The molecule has 1 aliphatic rings. The Hall–Kier alpha value is -0.820. The second kappa shape index (κ2) is 3.89. The third kappa shape index (κ3) is 1.78. The van der Waals surface area contributed by atoms with Gasteiger partial charge in [-0.3, -0.25) is 0 Å². The third-order valence-corrected chi connectivity index (χ3v) is 4.25. The number of hydrogen-bond donors (Lipinski definition) is 2. The number of sulfonamides is 1.